The molecule has 4 rings (SSSR count). The van der Waals surface area contributed by atoms with Gasteiger partial charge < -0.3 is 0 Å². The summed E-state index contributed by atoms with van der Waals surface area (Å²) in [4.78, 5) is 0. The minimum Gasteiger partial charge on any atom is -0.206 e. The maximum atomic E-state index is 14.4. The Labute approximate surface area is 174 Å². The molecule has 0 aliphatic heterocycles. The van der Waals surface area contributed by atoms with Crippen LogP contribution >= 0.6 is 0 Å². The number of hydrogen-bond acceptors (Lipinski definition) is 0. The van der Waals surface area contributed by atoms with Gasteiger partial charge in [-0.25, -0.2) is 4.39 Å². The number of halogens is 1. The Morgan fingerprint density at radius 2 is 1.52 bits per heavy atom. The predicted octanol–water partition coefficient (Wildman–Crippen LogP) is 7.62. The highest BCUT2D eigenvalue weighted by Gasteiger charge is 2.20. The van der Waals surface area contributed by atoms with E-state index in [0.29, 0.717) is 17.7 Å². The molecule has 3 aromatic rings. The molecule has 0 radical (unpaired) electrons. The summed E-state index contributed by atoms with van der Waals surface area (Å²) in [6, 6.07) is 18.4. The molecule has 3 aromatic carbocycles. The Bertz CT molecular complexity index is 1040. The van der Waals surface area contributed by atoms with E-state index in [9.17, 15) is 4.39 Å². The summed E-state index contributed by atoms with van der Waals surface area (Å²) in [5, 5.41) is 1.58. The molecule has 1 aliphatic rings. The molecule has 148 valence electrons. The van der Waals surface area contributed by atoms with Crippen LogP contribution in [0.2, 0.25) is 0 Å². The molecule has 1 heteroatoms. The summed E-state index contributed by atoms with van der Waals surface area (Å²) in [7, 11) is 0. The Kier molecular flexibility index (Phi) is 6.00. The lowest BCUT2D eigenvalue weighted by atomic mass is 9.78. The number of fused-ring (bicyclic) bond motifs is 1. The molecule has 0 spiro atoms. The molecule has 0 aromatic heterocycles. The van der Waals surface area contributed by atoms with Gasteiger partial charge in [0.25, 0.3) is 0 Å². The van der Waals surface area contributed by atoms with E-state index >= 15 is 0 Å². The van der Waals surface area contributed by atoms with Crippen LogP contribution in [-0.4, -0.2) is 0 Å². The van der Waals surface area contributed by atoms with E-state index < -0.39 is 0 Å². The molecule has 0 unspecified atom stereocenters. The van der Waals surface area contributed by atoms with Crippen molar-refractivity contribution < 1.29 is 4.39 Å². The highest BCUT2D eigenvalue weighted by molar-refractivity contribution is 5.85. The van der Waals surface area contributed by atoms with Crippen molar-refractivity contribution in [1.82, 2.24) is 0 Å². The van der Waals surface area contributed by atoms with E-state index in [1.165, 1.54) is 37.7 Å². The van der Waals surface area contributed by atoms with Crippen molar-refractivity contribution in [3.05, 3.63) is 82.7 Å². The number of benzene rings is 3. The SMILES string of the molecule is CCc1ccc2cc(C#Cc3ccc(C4CCC(CC)CC4)cc3)ccc2c1F. The topological polar surface area (TPSA) is 0 Å². The number of aryl methyl sites for hydroxylation is 1. The lowest BCUT2D eigenvalue weighted by molar-refractivity contribution is 0.319. The summed E-state index contributed by atoms with van der Waals surface area (Å²) >= 11 is 0. The molecule has 1 aliphatic carbocycles. The molecule has 1 saturated carbocycles. The van der Waals surface area contributed by atoms with Gasteiger partial charge in [-0.1, -0.05) is 62.4 Å². The van der Waals surface area contributed by atoms with Crippen LogP contribution < -0.4 is 0 Å². The second kappa shape index (κ2) is 8.83. The Balaban J connectivity index is 1.49. The van der Waals surface area contributed by atoms with Crippen molar-refractivity contribution in [2.75, 3.05) is 0 Å². The summed E-state index contributed by atoms with van der Waals surface area (Å²) in [6.45, 7) is 4.29. The zero-order valence-electron chi connectivity index (χ0n) is 17.5. The summed E-state index contributed by atoms with van der Waals surface area (Å²) in [5.74, 6) is 8.05. The van der Waals surface area contributed by atoms with Gasteiger partial charge in [0, 0.05) is 16.5 Å². The first-order chi connectivity index (χ1) is 14.2. The summed E-state index contributed by atoms with van der Waals surface area (Å²) in [5.41, 5.74) is 4.17. The number of hydrogen-bond donors (Lipinski definition) is 0. The molecule has 0 saturated heterocycles. The molecule has 0 bridgehead atoms. The third-order valence-electron chi connectivity index (χ3n) is 6.57. The molecule has 0 N–H and O–H groups in total. The smallest absolute Gasteiger partial charge is 0.134 e. The van der Waals surface area contributed by atoms with Crippen LogP contribution in [0.1, 0.15) is 74.1 Å². The van der Waals surface area contributed by atoms with Gasteiger partial charge in [-0.05, 0) is 84.7 Å². The van der Waals surface area contributed by atoms with Crippen LogP contribution in [0.15, 0.2) is 54.6 Å². The van der Waals surface area contributed by atoms with Gasteiger partial charge in [0.15, 0.2) is 0 Å². The van der Waals surface area contributed by atoms with Crippen molar-refractivity contribution in [2.24, 2.45) is 5.92 Å². The van der Waals surface area contributed by atoms with E-state index in [-0.39, 0.29) is 5.82 Å². The molecule has 29 heavy (non-hydrogen) atoms. The Morgan fingerprint density at radius 1 is 0.828 bits per heavy atom. The van der Waals surface area contributed by atoms with Crippen molar-refractivity contribution in [3.63, 3.8) is 0 Å². The van der Waals surface area contributed by atoms with Crippen molar-refractivity contribution in [3.8, 4) is 11.8 Å². The first-order valence-electron chi connectivity index (χ1n) is 11.0. The lowest BCUT2D eigenvalue weighted by Gasteiger charge is -2.28. The average molecular weight is 385 g/mol. The largest absolute Gasteiger partial charge is 0.206 e. The molecule has 0 nitrogen and oxygen atoms in total. The first kappa shape index (κ1) is 19.7. The molecular weight excluding hydrogens is 355 g/mol. The van der Waals surface area contributed by atoms with Crippen molar-refractivity contribution >= 4 is 10.8 Å². The quantitative estimate of drug-likeness (QED) is 0.407. The van der Waals surface area contributed by atoms with Crippen LogP contribution in [-0.2, 0) is 6.42 Å². The fourth-order valence-corrected chi connectivity index (χ4v) is 4.57. The van der Waals surface area contributed by atoms with E-state index in [2.05, 4.69) is 43.0 Å². The average Bonchev–Trinajstić information content (AvgIpc) is 2.78. The van der Waals surface area contributed by atoms with E-state index in [1.54, 1.807) is 0 Å². The summed E-state index contributed by atoms with van der Waals surface area (Å²) < 4.78 is 14.4. The van der Waals surface area contributed by atoms with Gasteiger partial charge in [0.1, 0.15) is 5.82 Å². The molecule has 0 heterocycles. The highest BCUT2D eigenvalue weighted by atomic mass is 19.1. The van der Waals surface area contributed by atoms with Crippen LogP contribution in [0.3, 0.4) is 0 Å². The van der Waals surface area contributed by atoms with Crippen LogP contribution in [0.5, 0.6) is 0 Å². The fourth-order valence-electron chi connectivity index (χ4n) is 4.57. The summed E-state index contributed by atoms with van der Waals surface area (Å²) in [6.07, 6.45) is 7.39. The minimum atomic E-state index is -0.104. The molecule has 1 fully saturated rings. The van der Waals surface area contributed by atoms with Gasteiger partial charge in [-0.3, -0.25) is 0 Å². The second-order valence-corrected chi connectivity index (χ2v) is 8.33. The predicted molar refractivity (Wildman–Crippen MR) is 121 cm³/mol. The van der Waals surface area contributed by atoms with E-state index in [4.69, 9.17) is 0 Å². The van der Waals surface area contributed by atoms with Crippen LogP contribution in [0.25, 0.3) is 10.8 Å². The van der Waals surface area contributed by atoms with Gasteiger partial charge in [0.2, 0.25) is 0 Å². The fraction of sp³-hybridized carbons (Fsp3) is 0.357. The van der Waals surface area contributed by atoms with Crippen LogP contribution in [0, 0.1) is 23.6 Å². The van der Waals surface area contributed by atoms with Gasteiger partial charge in [0.05, 0.1) is 0 Å². The van der Waals surface area contributed by atoms with Crippen molar-refractivity contribution in [2.45, 2.75) is 58.3 Å². The second-order valence-electron chi connectivity index (χ2n) is 8.33. The third kappa shape index (κ3) is 4.38. The third-order valence-corrected chi connectivity index (χ3v) is 6.57. The Hall–Kier alpha value is -2.59. The standard InChI is InChI=1S/C28H29F/c1-3-20-7-12-24(13-8-20)25-14-9-21(10-15-25)5-6-22-11-18-27-26(19-22)17-16-23(4-2)28(27)29/h9-11,14-20,24H,3-4,7-8,12-13H2,1-2H3. The van der Waals surface area contributed by atoms with E-state index in [0.717, 1.165) is 28.0 Å². The highest BCUT2D eigenvalue weighted by Crippen LogP contribution is 2.36. The molecule has 0 amide bonds. The van der Waals surface area contributed by atoms with Crippen LogP contribution in [0.4, 0.5) is 4.39 Å². The zero-order valence-corrected chi connectivity index (χ0v) is 17.5. The zero-order chi connectivity index (χ0) is 20.2. The minimum absolute atomic E-state index is 0.104. The maximum Gasteiger partial charge on any atom is 0.134 e. The monoisotopic (exact) mass is 384 g/mol. The molecule has 0 atom stereocenters. The van der Waals surface area contributed by atoms with Crippen molar-refractivity contribution in [1.29, 1.82) is 0 Å². The number of rotatable bonds is 3. The van der Waals surface area contributed by atoms with Gasteiger partial charge in [-0.2, -0.15) is 0 Å². The maximum absolute atomic E-state index is 14.4. The Morgan fingerprint density at radius 3 is 2.21 bits per heavy atom. The van der Waals surface area contributed by atoms with Gasteiger partial charge in [-0.15, -0.1) is 0 Å². The first-order valence-corrected chi connectivity index (χ1v) is 11.0. The lowest BCUT2D eigenvalue weighted by Crippen LogP contribution is -2.12. The van der Waals surface area contributed by atoms with E-state index in [1.807, 2.05) is 37.3 Å². The normalized spacial score (nSPS) is 19.0. The van der Waals surface area contributed by atoms with Gasteiger partial charge >= 0.3 is 0 Å². The molecular formula is C28H29F.